The summed E-state index contributed by atoms with van der Waals surface area (Å²) in [6.45, 7) is 0. The Labute approximate surface area is 122 Å². The van der Waals surface area contributed by atoms with Gasteiger partial charge in [0.2, 0.25) is 0 Å². The summed E-state index contributed by atoms with van der Waals surface area (Å²) < 4.78 is 0. The van der Waals surface area contributed by atoms with E-state index in [0.717, 1.165) is 30.8 Å². The minimum Gasteiger partial charge on any atom is -0.481 e. The predicted octanol–water partition coefficient (Wildman–Crippen LogP) is 4.87. The monoisotopic (exact) mass is 306 g/mol. The van der Waals surface area contributed by atoms with Crippen LogP contribution in [0.4, 0.5) is 0 Å². The van der Waals surface area contributed by atoms with Gasteiger partial charge in [0.1, 0.15) is 0 Å². The Kier molecular flexibility index (Phi) is 7.56. The van der Waals surface area contributed by atoms with Crippen molar-refractivity contribution in [2.45, 2.75) is 31.4 Å². The van der Waals surface area contributed by atoms with E-state index in [4.69, 9.17) is 28.3 Å². The zero-order valence-corrected chi connectivity index (χ0v) is 12.3. The normalized spacial score (nSPS) is 10.6. The molecule has 0 aliphatic heterocycles. The van der Waals surface area contributed by atoms with E-state index in [0.29, 0.717) is 10.0 Å². The van der Waals surface area contributed by atoms with E-state index in [1.165, 1.54) is 5.56 Å². The number of carboxylic acid groups (broad SMARTS) is 1. The van der Waals surface area contributed by atoms with E-state index in [1.807, 2.05) is 30.0 Å². The maximum atomic E-state index is 10.3. The summed E-state index contributed by atoms with van der Waals surface area (Å²) in [5.41, 5.74) is 1.17. The number of hydrogen-bond donors (Lipinski definition) is 1. The number of rotatable bonds is 8. The minimum atomic E-state index is -0.710. The molecule has 0 unspecified atom stereocenters. The van der Waals surface area contributed by atoms with E-state index in [1.54, 1.807) is 0 Å². The Morgan fingerprint density at radius 3 is 2.61 bits per heavy atom. The Morgan fingerprint density at radius 2 is 1.94 bits per heavy atom. The third-order valence-electron chi connectivity index (χ3n) is 2.43. The number of hydrogen-bond acceptors (Lipinski definition) is 2. The lowest BCUT2D eigenvalue weighted by atomic mass is 10.2. The Hall–Kier alpha value is -0.380. The lowest BCUT2D eigenvalue weighted by molar-refractivity contribution is -0.137. The summed E-state index contributed by atoms with van der Waals surface area (Å²) in [6.07, 6.45) is 3.07. The molecule has 0 aliphatic rings. The van der Waals surface area contributed by atoms with Crippen LogP contribution in [0.25, 0.3) is 0 Å². The number of benzene rings is 1. The highest BCUT2D eigenvalue weighted by Crippen LogP contribution is 2.24. The maximum absolute atomic E-state index is 10.3. The zero-order valence-electron chi connectivity index (χ0n) is 9.99. The second kappa shape index (κ2) is 8.68. The first kappa shape index (κ1) is 15.7. The SMILES string of the molecule is O=C(O)CCCCCSCc1ccc(Cl)c(Cl)c1. The highest BCUT2D eigenvalue weighted by atomic mass is 35.5. The molecule has 0 bridgehead atoms. The molecule has 0 aliphatic carbocycles. The standard InChI is InChI=1S/C13H16Cl2O2S/c14-11-6-5-10(8-12(11)15)9-18-7-3-1-2-4-13(16)17/h5-6,8H,1-4,7,9H2,(H,16,17). The molecule has 0 saturated heterocycles. The molecule has 0 radical (unpaired) electrons. The molecule has 100 valence electrons. The third-order valence-corrected chi connectivity index (χ3v) is 4.29. The van der Waals surface area contributed by atoms with Crippen LogP contribution >= 0.6 is 35.0 Å². The van der Waals surface area contributed by atoms with Crippen LogP contribution in [0.1, 0.15) is 31.2 Å². The van der Waals surface area contributed by atoms with Gasteiger partial charge in [-0.2, -0.15) is 11.8 Å². The van der Waals surface area contributed by atoms with E-state index in [2.05, 4.69) is 0 Å². The molecule has 1 N–H and O–H groups in total. The van der Waals surface area contributed by atoms with Crippen molar-refractivity contribution in [1.29, 1.82) is 0 Å². The maximum Gasteiger partial charge on any atom is 0.303 e. The van der Waals surface area contributed by atoms with Crippen molar-refractivity contribution in [1.82, 2.24) is 0 Å². The predicted molar refractivity (Wildman–Crippen MR) is 78.7 cm³/mol. The first-order valence-electron chi connectivity index (χ1n) is 5.83. The van der Waals surface area contributed by atoms with Crippen LogP contribution in [0.3, 0.4) is 0 Å². The molecule has 0 spiro atoms. The average Bonchev–Trinajstić information content (AvgIpc) is 2.32. The van der Waals surface area contributed by atoms with Crippen molar-refractivity contribution < 1.29 is 9.90 Å². The zero-order chi connectivity index (χ0) is 13.4. The van der Waals surface area contributed by atoms with Crippen molar-refractivity contribution >= 4 is 40.9 Å². The van der Waals surface area contributed by atoms with E-state index in [-0.39, 0.29) is 6.42 Å². The molecular weight excluding hydrogens is 291 g/mol. The van der Waals surface area contributed by atoms with Gasteiger partial charge < -0.3 is 5.11 Å². The largest absolute Gasteiger partial charge is 0.481 e. The Morgan fingerprint density at radius 1 is 1.17 bits per heavy atom. The number of aliphatic carboxylic acids is 1. The molecule has 0 aromatic heterocycles. The summed E-state index contributed by atoms with van der Waals surface area (Å²) >= 11 is 13.6. The van der Waals surface area contributed by atoms with Crippen molar-refractivity contribution in [2.24, 2.45) is 0 Å². The fraction of sp³-hybridized carbons (Fsp3) is 0.462. The topological polar surface area (TPSA) is 37.3 Å². The lowest BCUT2D eigenvalue weighted by Crippen LogP contribution is -1.94. The number of carbonyl (C=O) groups is 1. The fourth-order valence-electron chi connectivity index (χ4n) is 1.48. The molecule has 0 atom stereocenters. The Balaban J connectivity index is 2.10. The van der Waals surface area contributed by atoms with Crippen LogP contribution < -0.4 is 0 Å². The van der Waals surface area contributed by atoms with Crippen LogP contribution in [0.2, 0.25) is 10.0 Å². The summed E-state index contributed by atoms with van der Waals surface area (Å²) in [5, 5.41) is 9.66. The van der Waals surface area contributed by atoms with E-state index in [9.17, 15) is 4.79 Å². The molecule has 0 fully saturated rings. The first-order chi connectivity index (χ1) is 8.59. The van der Waals surface area contributed by atoms with Gasteiger partial charge in [-0.1, -0.05) is 35.7 Å². The second-order valence-corrected chi connectivity index (χ2v) is 5.93. The number of halogens is 2. The molecule has 5 heteroatoms. The smallest absolute Gasteiger partial charge is 0.303 e. The molecular formula is C13H16Cl2O2S. The summed E-state index contributed by atoms with van der Waals surface area (Å²) in [5.74, 6) is 1.24. The molecule has 1 aromatic carbocycles. The third kappa shape index (κ3) is 6.53. The quantitative estimate of drug-likeness (QED) is 0.696. The van der Waals surface area contributed by atoms with Gasteiger partial charge in [-0.05, 0) is 36.3 Å². The number of thioether (sulfide) groups is 1. The highest BCUT2D eigenvalue weighted by molar-refractivity contribution is 7.98. The van der Waals surface area contributed by atoms with Crippen LogP contribution in [-0.2, 0) is 10.5 Å². The van der Waals surface area contributed by atoms with Gasteiger partial charge in [-0.25, -0.2) is 0 Å². The van der Waals surface area contributed by atoms with Gasteiger partial charge in [0.15, 0.2) is 0 Å². The van der Waals surface area contributed by atoms with Gasteiger partial charge >= 0.3 is 5.97 Å². The lowest BCUT2D eigenvalue weighted by Gasteiger charge is -2.03. The van der Waals surface area contributed by atoms with Crippen LogP contribution in [0, 0.1) is 0 Å². The first-order valence-corrected chi connectivity index (χ1v) is 7.74. The molecule has 2 nitrogen and oxygen atoms in total. The van der Waals surface area contributed by atoms with Crippen molar-refractivity contribution in [3.63, 3.8) is 0 Å². The molecule has 0 heterocycles. The van der Waals surface area contributed by atoms with Crippen molar-refractivity contribution in [2.75, 3.05) is 5.75 Å². The molecule has 0 amide bonds. The van der Waals surface area contributed by atoms with Crippen LogP contribution in [-0.4, -0.2) is 16.8 Å². The Bertz CT molecular complexity index is 397. The van der Waals surface area contributed by atoms with Gasteiger partial charge in [-0.15, -0.1) is 0 Å². The average molecular weight is 307 g/mol. The number of unbranched alkanes of at least 4 members (excludes halogenated alkanes) is 2. The van der Waals surface area contributed by atoms with Gasteiger partial charge in [-0.3, -0.25) is 4.79 Å². The molecule has 0 saturated carbocycles. The van der Waals surface area contributed by atoms with Gasteiger partial charge in [0, 0.05) is 12.2 Å². The summed E-state index contributed by atoms with van der Waals surface area (Å²) in [6, 6.07) is 5.68. The highest BCUT2D eigenvalue weighted by Gasteiger charge is 2.00. The molecule has 18 heavy (non-hydrogen) atoms. The van der Waals surface area contributed by atoms with Crippen LogP contribution in [0.5, 0.6) is 0 Å². The van der Waals surface area contributed by atoms with E-state index >= 15 is 0 Å². The van der Waals surface area contributed by atoms with Crippen LogP contribution in [0.15, 0.2) is 18.2 Å². The van der Waals surface area contributed by atoms with Gasteiger partial charge in [0.05, 0.1) is 10.0 Å². The van der Waals surface area contributed by atoms with E-state index < -0.39 is 5.97 Å². The molecule has 1 rings (SSSR count). The fourth-order valence-corrected chi connectivity index (χ4v) is 2.77. The van der Waals surface area contributed by atoms with Crippen molar-refractivity contribution in [3.05, 3.63) is 33.8 Å². The summed E-state index contributed by atoms with van der Waals surface area (Å²) in [4.78, 5) is 10.3. The van der Waals surface area contributed by atoms with Gasteiger partial charge in [0.25, 0.3) is 0 Å². The summed E-state index contributed by atoms with van der Waals surface area (Å²) in [7, 11) is 0. The molecule has 1 aromatic rings. The minimum absolute atomic E-state index is 0.275. The van der Waals surface area contributed by atoms with Crippen molar-refractivity contribution in [3.8, 4) is 0 Å². The second-order valence-electron chi connectivity index (χ2n) is 4.01. The number of carboxylic acids is 1.